The number of rotatable bonds is 1. The first-order valence-corrected chi connectivity index (χ1v) is 2.84. The van der Waals surface area contributed by atoms with E-state index in [1.54, 1.807) is 0 Å². The van der Waals surface area contributed by atoms with Gasteiger partial charge in [0.2, 0.25) is 0 Å². The van der Waals surface area contributed by atoms with Crippen molar-refractivity contribution in [1.82, 2.24) is 0 Å². The maximum absolute atomic E-state index is 11.0. The zero-order valence-corrected chi connectivity index (χ0v) is 5.31. The normalized spacial score (nSPS) is 40.3. The number of ether oxygens (including phenoxy) is 1. The topological polar surface area (TPSA) is 26.3 Å². The third-order valence-electron chi connectivity index (χ3n) is 1.20. The lowest BCUT2D eigenvalue weighted by atomic mass is 9.97. The molecular formula is C7H12O2. The maximum Gasteiger partial charge on any atom is 0.133 e. The number of carbonyl (C=O) groups excluding carboxylic acids is 1. The molecule has 0 heterocycles. The van der Waals surface area contributed by atoms with Crippen LogP contribution in [-0.2, 0) is 9.53 Å². The van der Waals surface area contributed by atoms with Crippen molar-refractivity contribution in [3.63, 3.8) is 0 Å². The quantitative estimate of drug-likeness (QED) is 0.535. The van der Waals surface area contributed by atoms with Crippen molar-refractivity contribution < 1.29 is 15.0 Å². The van der Waals surface area contributed by atoms with Crippen molar-refractivity contribution in [1.29, 1.82) is 0 Å². The van der Waals surface area contributed by atoms with Gasteiger partial charge in [0.25, 0.3) is 0 Å². The van der Waals surface area contributed by atoms with E-state index in [1.807, 2.05) is 0 Å². The van der Waals surface area contributed by atoms with Crippen LogP contribution in [0.2, 0.25) is 0 Å². The molecule has 9 heavy (non-hydrogen) atoms. The van der Waals surface area contributed by atoms with Crippen LogP contribution in [0.4, 0.5) is 0 Å². The number of hydrogen-bond donors (Lipinski definition) is 0. The third-order valence-corrected chi connectivity index (χ3v) is 1.20. The smallest absolute Gasteiger partial charge is 0.133 e. The van der Waals surface area contributed by atoms with E-state index in [4.69, 9.17) is 10.2 Å². The minimum atomic E-state index is -1.90. The highest BCUT2D eigenvalue weighted by Gasteiger charge is 2.17. The monoisotopic (exact) mass is 132 g/mol. The Labute approximate surface area is 60.8 Å². The van der Waals surface area contributed by atoms with E-state index < -0.39 is 18.8 Å². The van der Waals surface area contributed by atoms with Gasteiger partial charge in [-0.05, 0) is 12.7 Å². The third kappa shape index (κ3) is 1.79. The lowest BCUT2D eigenvalue weighted by Crippen LogP contribution is -2.19. The van der Waals surface area contributed by atoms with E-state index in [1.165, 1.54) is 7.11 Å². The average molecular weight is 132 g/mol. The van der Waals surface area contributed by atoms with Crippen LogP contribution in [0.1, 0.15) is 31.1 Å². The molecule has 1 rings (SSSR count). The second-order valence-electron chi connectivity index (χ2n) is 1.92. The molecule has 0 radical (unpaired) electrons. The molecule has 1 aliphatic rings. The summed E-state index contributed by atoms with van der Waals surface area (Å²) in [4.78, 5) is 11.0. The Morgan fingerprint density at radius 2 is 2.22 bits per heavy atom. The van der Waals surface area contributed by atoms with E-state index in [0.29, 0.717) is 0 Å². The van der Waals surface area contributed by atoms with E-state index in [0.717, 1.165) is 0 Å². The van der Waals surface area contributed by atoms with Crippen molar-refractivity contribution >= 4 is 5.78 Å². The predicted molar refractivity (Wildman–Crippen MR) is 34.3 cm³/mol. The van der Waals surface area contributed by atoms with Gasteiger partial charge in [0.1, 0.15) is 5.78 Å². The molecule has 52 valence electrons. The van der Waals surface area contributed by atoms with Crippen LogP contribution < -0.4 is 0 Å². The Morgan fingerprint density at radius 1 is 1.67 bits per heavy atom. The lowest BCUT2D eigenvalue weighted by Gasteiger charge is -2.18. The lowest BCUT2D eigenvalue weighted by molar-refractivity contribution is -0.122. The SMILES string of the molecule is [2H]C1([2H])CC(=O)CC([2H])([2H])C1OC. The first-order valence-electron chi connectivity index (χ1n) is 4.84. The summed E-state index contributed by atoms with van der Waals surface area (Å²) in [7, 11) is 1.26. The molecule has 0 unspecified atom stereocenters. The second-order valence-corrected chi connectivity index (χ2v) is 1.92. The molecule has 0 aliphatic heterocycles. The Balaban J connectivity index is 2.94. The van der Waals surface area contributed by atoms with Crippen LogP contribution in [0.15, 0.2) is 0 Å². The van der Waals surface area contributed by atoms with Gasteiger partial charge in [0, 0.05) is 25.4 Å². The summed E-state index contributed by atoms with van der Waals surface area (Å²) in [5, 5.41) is 0. The number of methoxy groups -OCH3 is 1. The number of ketones is 1. The van der Waals surface area contributed by atoms with Crippen LogP contribution in [0.3, 0.4) is 0 Å². The van der Waals surface area contributed by atoms with Crippen LogP contribution in [0.5, 0.6) is 0 Å². The van der Waals surface area contributed by atoms with E-state index in [-0.39, 0.29) is 18.6 Å². The maximum atomic E-state index is 11.0. The van der Waals surface area contributed by atoms with E-state index in [9.17, 15) is 4.79 Å². The van der Waals surface area contributed by atoms with Crippen molar-refractivity contribution in [2.75, 3.05) is 7.11 Å². The van der Waals surface area contributed by atoms with Gasteiger partial charge in [-0.3, -0.25) is 4.79 Å². The summed E-state index contributed by atoms with van der Waals surface area (Å²) < 4.78 is 34.6. The second kappa shape index (κ2) is 2.97. The van der Waals surface area contributed by atoms with Crippen molar-refractivity contribution in [3.05, 3.63) is 0 Å². The van der Waals surface area contributed by atoms with E-state index in [2.05, 4.69) is 0 Å². The minimum Gasteiger partial charge on any atom is -0.381 e. The van der Waals surface area contributed by atoms with Crippen LogP contribution in [0.25, 0.3) is 0 Å². The molecule has 0 N–H and O–H groups in total. The molecule has 1 fully saturated rings. The standard InChI is InChI=1S/C7H12O2/c1-9-7-4-2-6(8)3-5-7/h7H,2-5H2,1H3/i4D2,5D2. The minimum absolute atomic E-state index is 0.259. The van der Waals surface area contributed by atoms with Gasteiger partial charge in [-0.15, -0.1) is 0 Å². The molecule has 0 aromatic heterocycles. The Morgan fingerprint density at radius 3 is 2.67 bits per heavy atom. The van der Waals surface area contributed by atoms with Crippen molar-refractivity contribution in [3.8, 4) is 0 Å². The van der Waals surface area contributed by atoms with Gasteiger partial charge >= 0.3 is 0 Å². The Kier molecular flexibility index (Phi) is 1.04. The summed E-state index contributed by atoms with van der Waals surface area (Å²) in [6, 6.07) is 0. The fourth-order valence-electron chi connectivity index (χ4n) is 0.714. The van der Waals surface area contributed by atoms with Gasteiger partial charge in [0.15, 0.2) is 0 Å². The van der Waals surface area contributed by atoms with E-state index >= 15 is 0 Å². The average Bonchev–Trinajstić information content (AvgIpc) is 1.79. The fraction of sp³-hybridized carbons (Fsp3) is 0.857. The molecule has 1 aliphatic carbocycles. The number of hydrogen-bond acceptors (Lipinski definition) is 2. The number of carbonyl (C=O) groups is 1. The summed E-state index contributed by atoms with van der Waals surface area (Å²) in [5.41, 5.74) is 0. The van der Waals surface area contributed by atoms with Gasteiger partial charge in [-0.1, -0.05) is 0 Å². The first kappa shape index (κ1) is 3.15. The highest BCUT2D eigenvalue weighted by atomic mass is 16.5. The summed E-state index contributed by atoms with van der Waals surface area (Å²) in [6.07, 6.45) is -5.46. The Hall–Kier alpha value is -0.370. The Bertz CT molecular complexity index is 207. The zero-order chi connectivity index (χ0) is 10.3. The molecule has 1 saturated carbocycles. The molecule has 0 aromatic carbocycles. The molecule has 0 spiro atoms. The van der Waals surface area contributed by atoms with Crippen molar-refractivity contribution in [2.24, 2.45) is 0 Å². The molecule has 0 aromatic rings. The molecule has 0 atom stereocenters. The van der Waals surface area contributed by atoms with Crippen LogP contribution in [-0.4, -0.2) is 19.0 Å². The summed E-state index contributed by atoms with van der Waals surface area (Å²) in [5.74, 6) is -0.386. The largest absolute Gasteiger partial charge is 0.381 e. The number of Topliss-reactive ketones (excluding diaryl/α,β-unsaturated/α-hetero) is 1. The van der Waals surface area contributed by atoms with Crippen molar-refractivity contribution in [2.45, 2.75) is 31.7 Å². The zero-order valence-electron chi connectivity index (χ0n) is 9.31. The highest BCUT2D eigenvalue weighted by Crippen LogP contribution is 2.16. The van der Waals surface area contributed by atoms with Crippen LogP contribution in [0, 0.1) is 0 Å². The first-order chi connectivity index (χ1) is 5.79. The molecule has 0 bridgehead atoms. The van der Waals surface area contributed by atoms with Gasteiger partial charge < -0.3 is 4.74 Å². The predicted octanol–water partition coefficient (Wildman–Crippen LogP) is 1.14. The fourth-order valence-corrected chi connectivity index (χ4v) is 0.714. The van der Waals surface area contributed by atoms with Gasteiger partial charge in [-0.2, -0.15) is 0 Å². The summed E-state index contributed by atoms with van der Waals surface area (Å²) >= 11 is 0. The van der Waals surface area contributed by atoms with Crippen LogP contribution >= 0.6 is 0 Å². The summed E-state index contributed by atoms with van der Waals surface area (Å²) in [6.45, 7) is 0. The van der Waals surface area contributed by atoms with Gasteiger partial charge in [-0.25, -0.2) is 0 Å². The van der Waals surface area contributed by atoms with Gasteiger partial charge in [0.05, 0.1) is 6.10 Å². The molecule has 0 amide bonds. The molecule has 0 saturated heterocycles. The molecule has 2 nitrogen and oxygen atoms in total. The molecular weight excluding hydrogens is 116 g/mol. The highest BCUT2D eigenvalue weighted by molar-refractivity contribution is 5.79. The molecule has 2 heteroatoms.